The summed E-state index contributed by atoms with van der Waals surface area (Å²) in [7, 11) is 0. The zero-order chi connectivity index (χ0) is 21.6. The van der Waals surface area contributed by atoms with E-state index >= 15 is 0 Å². The molecule has 0 N–H and O–H groups in total. The van der Waals surface area contributed by atoms with Gasteiger partial charge in [0.05, 0.1) is 18.4 Å². The Labute approximate surface area is 191 Å². The summed E-state index contributed by atoms with van der Waals surface area (Å²) >= 11 is 1.66. The van der Waals surface area contributed by atoms with Crippen molar-refractivity contribution in [1.29, 1.82) is 0 Å². The summed E-state index contributed by atoms with van der Waals surface area (Å²) in [6.45, 7) is 0.682. The number of rotatable bonds is 7. The lowest BCUT2D eigenvalue weighted by Gasteiger charge is -2.19. The molecule has 0 bridgehead atoms. The fourth-order valence-electron chi connectivity index (χ4n) is 3.50. The highest BCUT2D eigenvalue weighted by atomic mass is 32.1. The minimum absolute atomic E-state index is 0.682. The number of hydrogen-bond donors (Lipinski definition) is 0. The minimum Gasteiger partial charge on any atom is -0.261 e. The number of aromatic nitrogens is 2. The molecule has 0 aliphatic heterocycles. The largest absolute Gasteiger partial charge is 0.261 e. The zero-order valence-electron chi connectivity index (χ0n) is 17.5. The number of anilines is 1. The van der Waals surface area contributed by atoms with Crippen LogP contribution in [0.1, 0.15) is 11.1 Å². The molecule has 0 fully saturated rings. The van der Waals surface area contributed by atoms with E-state index in [0.717, 1.165) is 27.5 Å². The Morgan fingerprint density at radius 1 is 0.812 bits per heavy atom. The minimum atomic E-state index is 0.682. The van der Waals surface area contributed by atoms with Crippen LogP contribution < -0.4 is 5.01 Å². The predicted molar refractivity (Wildman–Crippen MR) is 134 cm³/mol. The van der Waals surface area contributed by atoms with Gasteiger partial charge >= 0.3 is 0 Å². The molecule has 0 spiro atoms. The average Bonchev–Trinajstić information content (AvgIpc) is 3.54. The molecule has 0 aliphatic rings. The number of hydrazone groups is 1. The third-order valence-electron chi connectivity index (χ3n) is 5.09. The van der Waals surface area contributed by atoms with Crippen LogP contribution in [-0.2, 0) is 6.54 Å². The maximum Gasteiger partial charge on any atom is 0.117 e. The van der Waals surface area contributed by atoms with Gasteiger partial charge in [0.25, 0.3) is 0 Å². The van der Waals surface area contributed by atoms with Gasteiger partial charge in [0.2, 0.25) is 0 Å². The van der Waals surface area contributed by atoms with E-state index in [1.54, 1.807) is 11.3 Å². The van der Waals surface area contributed by atoms with Crippen molar-refractivity contribution in [2.24, 2.45) is 5.10 Å². The van der Waals surface area contributed by atoms with Crippen molar-refractivity contribution >= 4 is 23.2 Å². The van der Waals surface area contributed by atoms with E-state index in [-0.39, 0.29) is 0 Å². The van der Waals surface area contributed by atoms with Gasteiger partial charge in [-0.1, -0.05) is 78.9 Å². The quantitative estimate of drug-likeness (QED) is 0.212. The molecule has 0 saturated heterocycles. The molecular weight excluding hydrogens is 412 g/mol. The first kappa shape index (κ1) is 20.0. The Kier molecular flexibility index (Phi) is 5.90. The van der Waals surface area contributed by atoms with Crippen molar-refractivity contribution < 1.29 is 0 Å². The highest BCUT2D eigenvalue weighted by Crippen LogP contribution is 2.25. The monoisotopic (exact) mass is 434 g/mol. The Balaban J connectivity index is 1.53. The maximum atomic E-state index is 4.90. The van der Waals surface area contributed by atoms with Crippen molar-refractivity contribution in [2.75, 3.05) is 5.01 Å². The van der Waals surface area contributed by atoms with E-state index in [2.05, 4.69) is 60.0 Å². The summed E-state index contributed by atoms with van der Waals surface area (Å²) < 4.78 is 1.93. The van der Waals surface area contributed by atoms with E-state index in [1.165, 1.54) is 5.56 Å². The third kappa shape index (κ3) is 4.53. The molecule has 0 saturated carbocycles. The lowest BCUT2D eigenvalue weighted by Crippen LogP contribution is -2.16. The highest BCUT2D eigenvalue weighted by molar-refractivity contribution is 7.12. The second-order valence-electron chi connectivity index (χ2n) is 7.32. The van der Waals surface area contributed by atoms with Crippen molar-refractivity contribution in [2.45, 2.75) is 6.54 Å². The van der Waals surface area contributed by atoms with Gasteiger partial charge in [-0.3, -0.25) is 5.01 Å². The van der Waals surface area contributed by atoms with E-state index in [0.29, 0.717) is 6.54 Å². The molecular formula is C27H22N4S. The molecule has 0 atom stereocenters. The van der Waals surface area contributed by atoms with Crippen LogP contribution >= 0.6 is 11.3 Å². The fraction of sp³-hybridized carbons (Fsp3) is 0.0370. The SMILES string of the molecule is C(=N/N(Cc1ccccc1)c1ccccc1)/c1cn(-c2cccs2)nc1-c1ccccc1. The van der Waals surface area contributed by atoms with E-state index in [9.17, 15) is 0 Å². The summed E-state index contributed by atoms with van der Waals surface area (Å²) in [6.07, 6.45) is 3.96. The van der Waals surface area contributed by atoms with Gasteiger partial charge < -0.3 is 0 Å². The standard InChI is InChI=1S/C27H22N4S/c1-4-11-22(12-5-1)20-30(25-15-8-3-9-16-25)28-19-24-21-31(26-17-10-18-32-26)29-27(24)23-13-6-2-7-14-23/h1-19,21H,20H2/b28-19-. The average molecular weight is 435 g/mol. The molecule has 5 heteroatoms. The summed E-state index contributed by atoms with van der Waals surface area (Å²) in [5.74, 6) is 0. The summed E-state index contributed by atoms with van der Waals surface area (Å²) in [6, 6.07) is 35.0. The van der Waals surface area contributed by atoms with E-state index in [1.807, 2.05) is 70.6 Å². The van der Waals surface area contributed by atoms with Crippen molar-refractivity contribution in [3.05, 3.63) is 126 Å². The van der Waals surface area contributed by atoms with Gasteiger partial charge in [0.15, 0.2) is 0 Å². The maximum absolute atomic E-state index is 4.90. The number of hydrogen-bond acceptors (Lipinski definition) is 4. The Morgan fingerprint density at radius 2 is 1.50 bits per heavy atom. The van der Waals surface area contributed by atoms with E-state index < -0.39 is 0 Å². The molecule has 156 valence electrons. The van der Waals surface area contributed by atoms with Crippen LogP contribution in [0, 0.1) is 0 Å². The van der Waals surface area contributed by atoms with Crippen LogP contribution in [0.15, 0.2) is 120 Å². The van der Waals surface area contributed by atoms with Gasteiger partial charge in [0, 0.05) is 17.3 Å². The van der Waals surface area contributed by atoms with Gasteiger partial charge in [-0.15, -0.1) is 11.3 Å². The first-order valence-electron chi connectivity index (χ1n) is 10.5. The Bertz CT molecular complexity index is 1280. The molecule has 2 heterocycles. The van der Waals surface area contributed by atoms with Crippen LogP contribution in [0.3, 0.4) is 0 Å². The first-order valence-corrected chi connectivity index (χ1v) is 11.3. The number of para-hydroxylation sites is 1. The fourth-order valence-corrected chi connectivity index (χ4v) is 4.16. The van der Waals surface area contributed by atoms with Crippen LogP contribution in [-0.4, -0.2) is 16.0 Å². The number of thiophene rings is 1. The summed E-state index contributed by atoms with van der Waals surface area (Å²) in [5, 5.41) is 14.9. The molecule has 5 rings (SSSR count). The molecule has 0 amide bonds. The Morgan fingerprint density at radius 3 is 2.19 bits per heavy atom. The van der Waals surface area contributed by atoms with Crippen molar-refractivity contribution in [3.8, 4) is 16.3 Å². The number of benzene rings is 3. The number of nitrogens with zero attached hydrogens (tertiary/aromatic N) is 4. The van der Waals surface area contributed by atoms with Crippen molar-refractivity contribution in [3.63, 3.8) is 0 Å². The van der Waals surface area contributed by atoms with Crippen LogP contribution in [0.5, 0.6) is 0 Å². The van der Waals surface area contributed by atoms with Gasteiger partial charge in [0.1, 0.15) is 10.7 Å². The van der Waals surface area contributed by atoms with Gasteiger partial charge in [-0.05, 0) is 35.2 Å². The highest BCUT2D eigenvalue weighted by Gasteiger charge is 2.12. The van der Waals surface area contributed by atoms with Crippen LogP contribution in [0.4, 0.5) is 5.69 Å². The van der Waals surface area contributed by atoms with Gasteiger partial charge in [-0.25, -0.2) is 4.68 Å². The molecule has 0 radical (unpaired) electrons. The summed E-state index contributed by atoms with van der Waals surface area (Å²) in [4.78, 5) is 0. The molecule has 5 aromatic rings. The van der Waals surface area contributed by atoms with Crippen molar-refractivity contribution in [1.82, 2.24) is 9.78 Å². The lowest BCUT2D eigenvalue weighted by atomic mass is 10.1. The summed E-state index contributed by atoms with van der Waals surface area (Å²) in [5.41, 5.74) is 5.19. The molecule has 32 heavy (non-hydrogen) atoms. The molecule has 2 aromatic heterocycles. The van der Waals surface area contributed by atoms with Gasteiger partial charge in [-0.2, -0.15) is 10.2 Å². The Hall–Kier alpha value is -3.96. The second-order valence-corrected chi connectivity index (χ2v) is 8.24. The molecule has 0 aliphatic carbocycles. The third-order valence-corrected chi connectivity index (χ3v) is 5.95. The topological polar surface area (TPSA) is 33.4 Å². The smallest absolute Gasteiger partial charge is 0.117 e. The first-order chi connectivity index (χ1) is 15.9. The normalized spacial score (nSPS) is 11.1. The molecule has 3 aromatic carbocycles. The lowest BCUT2D eigenvalue weighted by molar-refractivity contribution is 0.858. The molecule has 0 unspecified atom stereocenters. The van der Waals surface area contributed by atoms with E-state index in [4.69, 9.17) is 10.2 Å². The zero-order valence-corrected chi connectivity index (χ0v) is 18.3. The predicted octanol–water partition coefficient (Wildman–Crippen LogP) is 6.64. The van der Waals surface area contributed by atoms with Crippen LogP contribution in [0.25, 0.3) is 16.3 Å². The van der Waals surface area contributed by atoms with Crippen LogP contribution in [0.2, 0.25) is 0 Å². The second kappa shape index (κ2) is 9.45. The molecule has 4 nitrogen and oxygen atoms in total.